The van der Waals surface area contributed by atoms with Crippen molar-refractivity contribution in [2.24, 2.45) is 0 Å². The SMILES string of the molecule is CC1Cc2cccc(-c3ccccc3)c21. The zero-order valence-electron chi connectivity index (χ0n) is 8.90. The second-order valence-corrected chi connectivity index (χ2v) is 4.35. The van der Waals surface area contributed by atoms with Gasteiger partial charge in [-0.1, -0.05) is 55.5 Å². The van der Waals surface area contributed by atoms with Crippen LogP contribution >= 0.6 is 0 Å². The molecule has 3 rings (SSSR count). The van der Waals surface area contributed by atoms with Crippen LogP contribution in [0.25, 0.3) is 11.1 Å². The molecule has 2 aromatic rings. The molecule has 0 heterocycles. The number of hydrogen-bond donors (Lipinski definition) is 0. The number of benzene rings is 2. The molecular formula is C15H14. The molecule has 0 saturated heterocycles. The Hall–Kier alpha value is -1.56. The topological polar surface area (TPSA) is 0 Å². The summed E-state index contributed by atoms with van der Waals surface area (Å²) in [6.45, 7) is 2.31. The minimum atomic E-state index is 0.733. The molecule has 2 aromatic carbocycles. The smallest absolute Gasteiger partial charge is 0.0141 e. The van der Waals surface area contributed by atoms with Crippen LogP contribution < -0.4 is 0 Å². The Kier molecular flexibility index (Phi) is 1.88. The van der Waals surface area contributed by atoms with Crippen LogP contribution in [-0.4, -0.2) is 0 Å². The summed E-state index contributed by atoms with van der Waals surface area (Å²) in [4.78, 5) is 0. The van der Waals surface area contributed by atoms with Crippen LogP contribution in [-0.2, 0) is 6.42 Å². The van der Waals surface area contributed by atoms with Crippen LogP contribution in [0.3, 0.4) is 0 Å². The van der Waals surface area contributed by atoms with Crippen LogP contribution in [0.15, 0.2) is 48.5 Å². The lowest BCUT2D eigenvalue weighted by atomic mass is 9.75. The van der Waals surface area contributed by atoms with Crippen molar-refractivity contribution in [2.45, 2.75) is 19.3 Å². The highest BCUT2D eigenvalue weighted by molar-refractivity contribution is 5.71. The first-order chi connectivity index (χ1) is 7.36. The van der Waals surface area contributed by atoms with Crippen LogP contribution in [0.1, 0.15) is 24.0 Å². The molecule has 1 unspecified atom stereocenters. The predicted molar refractivity (Wildman–Crippen MR) is 64.0 cm³/mol. The second-order valence-electron chi connectivity index (χ2n) is 4.35. The molecule has 0 heteroatoms. The summed E-state index contributed by atoms with van der Waals surface area (Å²) < 4.78 is 0. The predicted octanol–water partition coefficient (Wildman–Crippen LogP) is 4.01. The van der Waals surface area contributed by atoms with Gasteiger partial charge in [-0.2, -0.15) is 0 Å². The normalized spacial score (nSPS) is 18.1. The molecule has 0 fully saturated rings. The van der Waals surface area contributed by atoms with Crippen molar-refractivity contribution in [2.75, 3.05) is 0 Å². The van der Waals surface area contributed by atoms with Crippen molar-refractivity contribution < 1.29 is 0 Å². The van der Waals surface area contributed by atoms with Gasteiger partial charge >= 0.3 is 0 Å². The fourth-order valence-corrected chi connectivity index (χ4v) is 2.54. The van der Waals surface area contributed by atoms with Gasteiger partial charge in [-0.25, -0.2) is 0 Å². The molecule has 74 valence electrons. The Morgan fingerprint density at radius 3 is 2.47 bits per heavy atom. The monoisotopic (exact) mass is 194 g/mol. The minimum Gasteiger partial charge on any atom is -0.0622 e. The molecule has 1 atom stereocenters. The molecule has 1 aliphatic rings. The molecular weight excluding hydrogens is 180 g/mol. The molecule has 0 bridgehead atoms. The van der Waals surface area contributed by atoms with E-state index in [0.717, 1.165) is 5.92 Å². The molecule has 0 radical (unpaired) electrons. The quantitative estimate of drug-likeness (QED) is 0.643. The van der Waals surface area contributed by atoms with Crippen molar-refractivity contribution in [1.29, 1.82) is 0 Å². The lowest BCUT2D eigenvalue weighted by Crippen LogP contribution is -2.15. The average Bonchev–Trinajstić information content (AvgIpc) is 2.28. The maximum Gasteiger partial charge on any atom is -0.0141 e. The number of hydrogen-bond acceptors (Lipinski definition) is 0. The highest BCUT2D eigenvalue weighted by atomic mass is 14.3. The standard InChI is InChI=1S/C15H14/c1-11-10-13-8-5-9-14(15(11)13)12-6-3-2-4-7-12/h2-9,11H,10H2,1H3. The summed E-state index contributed by atoms with van der Waals surface area (Å²) in [6.07, 6.45) is 1.25. The van der Waals surface area contributed by atoms with Crippen LogP contribution in [0.2, 0.25) is 0 Å². The fraction of sp³-hybridized carbons (Fsp3) is 0.200. The van der Waals surface area contributed by atoms with E-state index < -0.39 is 0 Å². The largest absolute Gasteiger partial charge is 0.0622 e. The zero-order chi connectivity index (χ0) is 10.3. The molecule has 0 saturated carbocycles. The van der Waals surface area contributed by atoms with Gasteiger partial charge in [0.25, 0.3) is 0 Å². The van der Waals surface area contributed by atoms with Gasteiger partial charge < -0.3 is 0 Å². The third kappa shape index (κ3) is 1.29. The maximum atomic E-state index is 2.31. The highest BCUT2D eigenvalue weighted by Crippen LogP contribution is 2.41. The molecule has 0 N–H and O–H groups in total. The van der Waals surface area contributed by atoms with Crippen molar-refractivity contribution in [3.8, 4) is 11.1 Å². The first-order valence-corrected chi connectivity index (χ1v) is 5.53. The summed E-state index contributed by atoms with van der Waals surface area (Å²) in [5.74, 6) is 0.733. The van der Waals surface area contributed by atoms with Gasteiger partial charge in [-0.15, -0.1) is 0 Å². The summed E-state index contributed by atoms with van der Waals surface area (Å²) in [5, 5.41) is 0. The number of fused-ring (bicyclic) bond motifs is 1. The Morgan fingerprint density at radius 2 is 1.73 bits per heavy atom. The van der Waals surface area contributed by atoms with E-state index in [0.29, 0.717) is 0 Å². The molecule has 0 spiro atoms. The molecule has 0 aliphatic heterocycles. The second kappa shape index (κ2) is 3.23. The molecule has 0 aromatic heterocycles. The van der Waals surface area contributed by atoms with E-state index in [1.807, 2.05) is 0 Å². The fourth-order valence-electron chi connectivity index (χ4n) is 2.54. The van der Waals surface area contributed by atoms with Crippen LogP contribution in [0, 0.1) is 0 Å². The summed E-state index contributed by atoms with van der Waals surface area (Å²) >= 11 is 0. The average molecular weight is 194 g/mol. The minimum absolute atomic E-state index is 0.733. The van der Waals surface area contributed by atoms with E-state index in [9.17, 15) is 0 Å². The summed E-state index contributed by atoms with van der Waals surface area (Å²) in [5.41, 5.74) is 5.86. The Bertz CT molecular complexity index is 483. The first-order valence-electron chi connectivity index (χ1n) is 5.53. The third-order valence-corrected chi connectivity index (χ3v) is 3.30. The van der Waals surface area contributed by atoms with Gasteiger partial charge in [0.1, 0.15) is 0 Å². The van der Waals surface area contributed by atoms with Crippen LogP contribution in [0.4, 0.5) is 0 Å². The van der Waals surface area contributed by atoms with Crippen molar-refractivity contribution in [3.63, 3.8) is 0 Å². The lowest BCUT2D eigenvalue weighted by Gasteiger charge is -2.30. The van der Waals surface area contributed by atoms with Crippen molar-refractivity contribution in [3.05, 3.63) is 59.7 Å². The molecule has 0 nitrogen and oxygen atoms in total. The first kappa shape index (κ1) is 8.72. The maximum absolute atomic E-state index is 2.31. The Morgan fingerprint density at radius 1 is 0.933 bits per heavy atom. The Balaban J connectivity index is 2.18. The van der Waals surface area contributed by atoms with Crippen molar-refractivity contribution in [1.82, 2.24) is 0 Å². The highest BCUT2D eigenvalue weighted by Gasteiger charge is 2.24. The zero-order valence-corrected chi connectivity index (χ0v) is 8.90. The van der Waals surface area contributed by atoms with Gasteiger partial charge in [0.05, 0.1) is 0 Å². The van der Waals surface area contributed by atoms with E-state index in [4.69, 9.17) is 0 Å². The molecule has 15 heavy (non-hydrogen) atoms. The van der Waals surface area contributed by atoms with Gasteiger partial charge in [0, 0.05) is 0 Å². The molecule has 0 amide bonds. The van der Waals surface area contributed by atoms with Crippen LogP contribution in [0.5, 0.6) is 0 Å². The van der Waals surface area contributed by atoms with E-state index in [-0.39, 0.29) is 0 Å². The van der Waals surface area contributed by atoms with Crippen molar-refractivity contribution >= 4 is 0 Å². The lowest BCUT2D eigenvalue weighted by molar-refractivity contribution is 0.670. The van der Waals surface area contributed by atoms with Gasteiger partial charge in [0.2, 0.25) is 0 Å². The summed E-state index contributed by atoms with van der Waals surface area (Å²) in [7, 11) is 0. The van der Waals surface area contributed by atoms with Gasteiger partial charge in [-0.05, 0) is 34.6 Å². The van der Waals surface area contributed by atoms with E-state index >= 15 is 0 Å². The van der Waals surface area contributed by atoms with E-state index in [2.05, 4.69) is 55.5 Å². The Labute approximate surface area is 90.6 Å². The van der Waals surface area contributed by atoms with Gasteiger partial charge in [0.15, 0.2) is 0 Å². The third-order valence-electron chi connectivity index (χ3n) is 3.30. The van der Waals surface area contributed by atoms with E-state index in [1.165, 1.54) is 23.1 Å². The molecule has 1 aliphatic carbocycles. The van der Waals surface area contributed by atoms with E-state index in [1.54, 1.807) is 5.56 Å². The summed E-state index contributed by atoms with van der Waals surface area (Å²) in [6, 6.07) is 17.3. The number of rotatable bonds is 1. The van der Waals surface area contributed by atoms with Gasteiger partial charge in [-0.3, -0.25) is 0 Å².